The summed E-state index contributed by atoms with van der Waals surface area (Å²) in [7, 11) is 5.04. The van der Waals surface area contributed by atoms with Crippen LogP contribution in [0.25, 0.3) is 65.3 Å². The van der Waals surface area contributed by atoms with Gasteiger partial charge < -0.3 is 18.9 Å². The summed E-state index contributed by atoms with van der Waals surface area (Å²) in [6.45, 7) is 4.35. The lowest BCUT2D eigenvalue weighted by Crippen LogP contribution is -2.26. The zero-order valence-corrected chi connectivity index (χ0v) is 45.4. The first kappa shape index (κ1) is 49.9. The molecule has 6 heteroatoms. The Labute approximate surface area is 448 Å². The maximum absolute atomic E-state index is 5.91. The van der Waals surface area contributed by atoms with E-state index in [1.54, 1.807) is 28.4 Å². The van der Waals surface area contributed by atoms with Crippen LogP contribution < -0.4 is 50.8 Å². The molecule has 0 atom stereocenters. The molecule has 4 nitrogen and oxygen atoms in total. The van der Waals surface area contributed by atoms with Crippen LogP contribution in [0.3, 0.4) is 0 Å². The maximum Gasteiger partial charge on any atom is 0.119 e. The van der Waals surface area contributed by atoms with Crippen molar-refractivity contribution < 1.29 is 18.9 Å². The first-order chi connectivity index (χ1) is 37.3. The Hall–Kier alpha value is -8.26. The van der Waals surface area contributed by atoms with Crippen molar-refractivity contribution in [1.82, 2.24) is 0 Å². The first-order valence-corrected chi connectivity index (χ1v) is 28.2. The zero-order valence-electron chi connectivity index (χ0n) is 43.6. The lowest BCUT2D eigenvalue weighted by molar-refractivity contribution is 0.415. The quantitative estimate of drug-likeness (QED) is 0.114. The molecule has 0 unspecified atom stereocenters. The van der Waals surface area contributed by atoms with Gasteiger partial charge in [0.15, 0.2) is 0 Å². The van der Waals surface area contributed by atoms with Crippen molar-refractivity contribution in [3.8, 4) is 45.3 Å². The van der Waals surface area contributed by atoms with Crippen molar-refractivity contribution in [2.45, 2.75) is 13.8 Å². The molecule has 0 amide bonds. The van der Waals surface area contributed by atoms with Crippen molar-refractivity contribution >= 4 is 90.8 Å². The van der Waals surface area contributed by atoms with E-state index in [0.717, 1.165) is 23.0 Å². The predicted molar refractivity (Wildman–Crippen MR) is 327 cm³/mol. The lowest BCUT2D eigenvalue weighted by atomic mass is 9.88. The molecule has 12 aromatic carbocycles. The highest BCUT2D eigenvalue weighted by molar-refractivity contribution is 7.80. The van der Waals surface area contributed by atoms with Crippen LogP contribution in [0.4, 0.5) is 0 Å². The molecule has 372 valence electrons. The van der Waals surface area contributed by atoms with E-state index in [9.17, 15) is 0 Å². The minimum absolute atomic E-state index is 0.840. The van der Waals surface area contributed by atoms with E-state index >= 15 is 0 Å². The molecule has 0 fully saturated rings. The van der Waals surface area contributed by atoms with Crippen LogP contribution in [0.2, 0.25) is 0 Å². The molecule has 0 bridgehead atoms. The van der Waals surface area contributed by atoms with Gasteiger partial charge in [-0.25, -0.2) is 0 Å². The van der Waals surface area contributed by atoms with Gasteiger partial charge in [0, 0.05) is 0 Å². The molecule has 0 heterocycles. The summed E-state index contributed by atoms with van der Waals surface area (Å²) >= 11 is 0. The highest BCUT2D eigenvalue weighted by Crippen LogP contribution is 2.47. The van der Waals surface area contributed by atoms with Gasteiger partial charge >= 0.3 is 0 Å². The third-order valence-corrected chi connectivity index (χ3v) is 19.3. The van der Waals surface area contributed by atoms with Gasteiger partial charge in [0.2, 0.25) is 0 Å². The van der Waals surface area contributed by atoms with Gasteiger partial charge in [0.1, 0.15) is 23.0 Å². The Morgan fingerprint density at radius 2 is 0.487 bits per heavy atom. The molecule has 0 aliphatic rings. The van der Waals surface area contributed by atoms with E-state index in [-0.39, 0.29) is 0 Å². The Morgan fingerprint density at radius 3 is 0.750 bits per heavy atom. The Morgan fingerprint density at radius 1 is 0.250 bits per heavy atom. The third kappa shape index (κ3) is 9.79. The summed E-state index contributed by atoms with van der Waals surface area (Å²) in [5.74, 6) is 3.43. The molecule has 0 aliphatic heterocycles. The van der Waals surface area contributed by atoms with Crippen LogP contribution in [-0.4, -0.2) is 28.4 Å². The lowest BCUT2D eigenvalue weighted by Gasteiger charge is -2.28. The molecule has 0 N–H and O–H groups in total. The molecule has 0 spiro atoms. The van der Waals surface area contributed by atoms with E-state index in [1.165, 1.54) is 108 Å². The molecule has 0 aliphatic carbocycles. The second-order valence-corrected chi connectivity index (χ2v) is 23.2. The second kappa shape index (κ2) is 22.3. The fourth-order valence-electron chi connectivity index (χ4n) is 10.6. The number of fused-ring (bicyclic) bond motifs is 4. The summed E-state index contributed by atoms with van der Waals surface area (Å²) in [5.41, 5.74) is 7.52. The van der Waals surface area contributed by atoms with Crippen LogP contribution >= 0.6 is 15.8 Å². The van der Waals surface area contributed by atoms with Crippen molar-refractivity contribution in [3.63, 3.8) is 0 Å². The summed E-state index contributed by atoms with van der Waals surface area (Å²) in [5, 5.41) is 17.4. The Balaban J connectivity index is 0.000000199. The number of methoxy groups -OCH3 is 4. The number of hydrogen-bond acceptors (Lipinski definition) is 4. The number of rotatable bonds is 12. The summed E-state index contributed by atoms with van der Waals surface area (Å²) in [4.78, 5) is 0. The van der Waals surface area contributed by atoms with Gasteiger partial charge in [-0.05, 0) is 187 Å². The van der Waals surface area contributed by atoms with Crippen LogP contribution in [0, 0.1) is 13.8 Å². The normalized spacial score (nSPS) is 11.3. The minimum Gasteiger partial charge on any atom is -0.497 e. The van der Waals surface area contributed by atoms with Gasteiger partial charge in [-0.3, -0.25) is 0 Å². The minimum atomic E-state index is -0.949. The van der Waals surface area contributed by atoms with E-state index < -0.39 is 15.8 Å². The van der Waals surface area contributed by atoms with Crippen LogP contribution in [-0.2, 0) is 0 Å². The third-order valence-electron chi connectivity index (χ3n) is 14.3. The molecule has 0 aromatic heterocycles. The molecular weight excluding hydrogens is 967 g/mol. The Bertz CT molecular complexity index is 3670. The summed E-state index contributed by atoms with van der Waals surface area (Å²) in [6.07, 6.45) is 0. The standard InChI is InChI=1S/C46H36O2P2.C24H22O2/c1-47-35-27-23-33-25-29-43(49(37-15-7-3-8-16-37)38-17-9-4-10-18-38)45(41(33)31-35)46-42-32-36(48-2)28-24-34(42)26-30-44(46)50(39-19-11-5-12-20-39)40-21-13-6-14-22-40;1-15-5-7-17-9-11-19(25-3)13-21(17)23(15)24-16(2)6-8-18-10-12-20(26-4)14-22(18)24/h3-32H,1-2H3;5-14H,1-4H3. The van der Waals surface area contributed by atoms with E-state index in [1.807, 2.05) is 12.1 Å². The molecule has 0 radical (unpaired) electrons. The van der Waals surface area contributed by atoms with Crippen molar-refractivity contribution in [3.05, 3.63) is 254 Å². The molecule has 0 saturated heterocycles. The smallest absolute Gasteiger partial charge is 0.119 e. The number of aryl methyl sites for hydroxylation is 2. The number of ether oxygens (including phenoxy) is 4. The van der Waals surface area contributed by atoms with Crippen LogP contribution in [0.5, 0.6) is 23.0 Å². The van der Waals surface area contributed by atoms with E-state index in [0.29, 0.717) is 0 Å². The topological polar surface area (TPSA) is 36.9 Å². The summed E-state index contributed by atoms with van der Waals surface area (Å²) < 4.78 is 22.8. The van der Waals surface area contributed by atoms with Crippen LogP contribution in [0.15, 0.2) is 243 Å². The SMILES string of the molecule is COc1ccc2ccc(C)c(-c3c(C)ccc4ccc(OC)cc34)c2c1.COc1ccc2ccc(P(c3ccccc3)c3ccccc3)c(-c3c(P(c4ccccc4)c4ccccc4)ccc4ccc(OC)cc34)c2c1. The van der Waals surface area contributed by atoms with E-state index in [4.69, 9.17) is 18.9 Å². The predicted octanol–water partition coefficient (Wildman–Crippen LogP) is 15.5. The maximum atomic E-state index is 5.91. The fourth-order valence-corrected chi connectivity index (χ4v) is 15.6. The number of hydrogen-bond donors (Lipinski definition) is 0. The molecule has 0 saturated carbocycles. The van der Waals surface area contributed by atoms with Crippen molar-refractivity contribution in [2.75, 3.05) is 28.4 Å². The summed E-state index contributed by atoms with van der Waals surface area (Å²) in [6, 6.07) is 87.6. The molecule has 12 rings (SSSR count). The van der Waals surface area contributed by atoms with Gasteiger partial charge in [-0.1, -0.05) is 194 Å². The fraction of sp³-hybridized carbons (Fsp3) is 0.0857. The highest BCUT2D eigenvalue weighted by Gasteiger charge is 2.29. The first-order valence-electron chi connectivity index (χ1n) is 25.5. The average molecular weight is 1030 g/mol. The Kier molecular flexibility index (Phi) is 14.6. The van der Waals surface area contributed by atoms with Gasteiger partial charge in [0.25, 0.3) is 0 Å². The van der Waals surface area contributed by atoms with Gasteiger partial charge in [0.05, 0.1) is 28.4 Å². The second-order valence-electron chi connectivity index (χ2n) is 18.8. The monoisotopic (exact) mass is 1020 g/mol. The van der Waals surface area contributed by atoms with E-state index in [2.05, 4.69) is 244 Å². The van der Waals surface area contributed by atoms with Crippen molar-refractivity contribution in [2.24, 2.45) is 0 Å². The highest BCUT2D eigenvalue weighted by atomic mass is 31.1. The molecule has 76 heavy (non-hydrogen) atoms. The molecular formula is C70H58O4P2. The van der Waals surface area contributed by atoms with Crippen molar-refractivity contribution in [1.29, 1.82) is 0 Å². The van der Waals surface area contributed by atoms with Gasteiger partial charge in [-0.15, -0.1) is 0 Å². The zero-order chi connectivity index (χ0) is 52.1. The number of benzene rings is 12. The largest absolute Gasteiger partial charge is 0.497 e. The molecule has 12 aromatic rings. The van der Waals surface area contributed by atoms with Gasteiger partial charge in [-0.2, -0.15) is 0 Å². The van der Waals surface area contributed by atoms with Crippen LogP contribution in [0.1, 0.15) is 11.1 Å². The average Bonchev–Trinajstić information content (AvgIpc) is 3.50.